The van der Waals surface area contributed by atoms with Crippen LogP contribution in [-0.4, -0.2) is 63.7 Å². The maximum atomic E-state index is 13.4. The lowest BCUT2D eigenvalue weighted by Gasteiger charge is -2.29. The van der Waals surface area contributed by atoms with Crippen molar-refractivity contribution < 1.29 is 31.9 Å². The van der Waals surface area contributed by atoms with Gasteiger partial charge in [0.25, 0.3) is 0 Å². The van der Waals surface area contributed by atoms with Crippen LogP contribution in [0, 0.1) is 5.82 Å². The molecule has 9 nitrogen and oxygen atoms in total. The Morgan fingerprint density at radius 1 is 1.08 bits per heavy atom. The van der Waals surface area contributed by atoms with Gasteiger partial charge in [0.1, 0.15) is 25.1 Å². The van der Waals surface area contributed by atoms with Crippen molar-refractivity contribution in [2.75, 3.05) is 36.9 Å². The minimum atomic E-state index is -3.64. The van der Waals surface area contributed by atoms with E-state index >= 15 is 0 Å². The monoisotopic (exact) mass is 535 g/mol. The Kier molecular flexibility index (Phi) is 9.73. The predicted octanol–water partition coefficient (Wildman–Crippen LogP) is 3.09. The normalized spacial score (nSPS) is 13.5. The van der Waals surface area contributed by atoms with Crippen molar-refractivity contribution in [1.82, 2.24) is 10.2 Å². The number of anilines is 1. The molecule has 0 radical (unpaired) electrons. The molecule has 0 spiro atoms. The Bertz CT molecular complexity index is 1190. The van der Waals surface area contributed by atoms with Crippen molar-refractivity contribution >= 4 is 27.5 Å². The van der Waals surface area contributed by atoms with E-state index in [2.05, 4.69) is 5.32 Å². The number of carbonyl (C=O) groups excluding carboxylic acids is 2. The summed E-state index contributed by atoms with van der Waals surface area (Å²) in [7, 11) is -3.64. The van der Waals surface area contributed by atoms with Crippen LogP contribution in [0.1, 0.15) is 38.7 Å². The second-order valence-electron chi connectivity index (χ2n) is 8.88. The first kappa shape index (κ1) is 28.2. The summed E-state index contributed by atoms with van der Waals surface area (Å²) in [5.41, 5.74) is 1.09. The lowest BCUT2D eigenvalue weighted by Crippen LogP contribution is -2.47. The van der Waals surface area contributed by atoms with E-state index in [-0.39, 0.29) is 37.7 Å². The Morgan fingerprint density at radius 3 is 2.41 bits per heavy atom. The summed E-state index contributed by atoms with van der Waals surface area (Å²) in [4.78, 5) is 27.3. The minimum Gasteiger partial charge on any atom is -0.486 e. The van der Waals surface area contributed by atoms with Gasteiger partial charge in [0.15, 0.2) is 11.5 Å². The van der Waals surface area contributed by atoms with Gasteiger partial charge in [-0.1, -0.05) is 19.1 Å². The zero-order valence-electron chi connectivity index (χ0n) is 21.4. The van der Waals surface area contributed by atoms with E-state index < -0.39 is 21.9 Å². The van der Waals surface area contributed by atoms with E-state index in [1.54, 1.807) is 37.3 Å². The average molecular weight is 536 g/mol. The topological polar surface area (TPSA) is 105 Å². The lowest BCUT2D eigenvalue weighted by atomic mass is 10.1. The fourth-order valence-corrected chi connectivity index (χ4v) is 4.91. The van der Waals surface area contributed by atoms with Crippen LogP contribution >= 0.6 is 0 Å². The van der Waals surface area contributed by atoms with Crippen LogP contribution in [0.15, 0.2) is 42.5 Å². The highest BCUT2D eigenvalue weighted by Crippen LogP contribution is 2.34. The van der Waals surface area contributed by atoms with Crippen molar-refractivity contribution in [3.05, 3.63) is 53.8 Å². The van der Waals surface area contributed by atoms with Crippen LogP contribution < -0.4 is 19.1 Å². The quantitative estimate of drug-likeness (QED) is 0.448. The summed E-state index contributed by atoms with van der Waals surface area (Å²) < 4.78 is 50.8. The molecule has 1 unspecified atom stereocenters. The summed E-state index contributed by atoms with van der Waals surface area (Å²) in [6, 6.07) is 9.89. The van der Waals surface area contributed by atoms with Crippen LogP contribution in [0.5, 0.6) is 11.5 Å². The molecule has 0 bridgehead atoms. The largest absolute Gasteiger partial charge is 0.486 e. The Labute approximate surface area is 217 Å². The average Bonchev–Trinajstić information content (AvgIpc) is 2.87. The molecule has 0 fully saturated rings. The molecule has 3 rings (SSSR count). The third kappa shape index (κ3) is 7.82. The fraction of sp³-hybridized carbons (Fsp3) is 0.462. The molecule has 1 atom stereocenters. The maximum Gasteiger partial charge on any atom is 0.242 e. The van der Waals surface area contributed by atoms with Crippen molar-refractivity contribution in [3.8, 4) is 11.5 Å². The molecule has 202 valence electrons. The van der Waals surface area contributed by atoms with Gasteiger partial charge < -0.3 is 19.7 Å². The molecule has 0 aliphatic carbocycles. The Hall–Kier alpha value is -3.34. The maximum absolute atomic E-state index is 13.4. The van der Waals surface area contributed by atoms with E-state index in [4.69, 9.17) is 9.47 Å². The summed E-state index contributed by atoms with van der Waals surface area (Å²) in [5.74, 6) is 0.0251. The first-order chi connectivity index (χ1) is 17.6. The lowest BCUT2D eigenvalue weighted by molar-refractivity contribution is -0.140. The van der Waals surface area contributed by atoms with Crippen molar-refractivity contribution in [3.63, 3.8) is 0 Å². The van der Waals surface area contributed by atoms with Gasteiger partial charge in [0, 0.05) is 32.1 Å². The second-order valence-corrected chi connectivity index (χ2v) is 10.8. The van der Waals surface area contributed by atoms with E-state index in [0.29, 0.717) is 42.5 Å². The molecule has 1 aliphatic heterocycles. The molecule has 0 saturated heterocycles. The van der Waals surface area contributed by atoms with Crippen LogP contribution in [0.25, 0.3) is 0 Å². The standard InChI is InChI=1S/C26H34FN3O6S/c1-4-13-28-26(32)19(2)29(18-20-7-9-21(27)10-8-20)25(31)6-5-14-30(37(3,33)34)22-11-12-23-24(17-22)36-16-15-35-23/h7-12,17,19H,4-6,13-16,18H2,1-3H3,(H,28,32). The highest BCUT2D eigenvalue weighted by molar-refractivity contribution is 7.92. The minimum absolute atomic E-state index is 0.0170. The molecule has 11 heteroatoms. The molecule has 2 amide bonds. The van der Waals surface area contributed by atoms with Crippen LogP contribution in [0.4, 0.5) is 10.1 Å². The molecule has 0 aromatic heterocycles. The molecule has 1 aliphatic rings. The van der Waals surface area contributed by atoms with Crippen molar-refractivity contribution in [1.29, 1.82) is 0 Å². The van der Waals surface area contributed by atoms with Crippen LogP contribution in [0.3, 0.4) is 0 Å². The van der Waals surface area contributed by atoms with Gasteiger partial charge in [-0.05, 0) is 49.6 Å². The molecule has 1 heterocycles. The molecule has 2 aromatic rings. The number of ether oxygens (including phenoxy) is 2. The Morgan fingerprint density at radius 2 is 1.76 bits per heavy atom. The molecular formula is C26H34FN3O6S. The highest BCUT2D eigenvalue weighted by Gasteiger charge is 2.27. The van der Waals surface area contributed by atoms with E-state index in [1.807, 2.05) is 6.92 Å². The van der Waals surface area contributed by atoms with E-state index in [0.717, 1.165) is 12.7 Å². The smallest absolute Gasteiger partial charge is 0.242 e. The molecule has 0 saturated carbocycles. The zero-order chi connectivity index (χ0) is 27.0. The number of benzene rings is 2. The first-order valence-corrected chi connectivity index (χ1v) is 14.1. The van der Waals surface area contributed by atoms with Crippen LogP contribution in [0.2, 0.25) is 0 Å². The van der Waals surface area contributed by atoms with Gasteiger partial charge in [-0.25, -0.2) is 12.8 Å². The number of fused-ring (bicyclic) bond motifs is 1. The van der Waals surface area contributed by atoms with Gasteiger partial charge >= 0.3 is 0 Å². The number of hydrogen-bond donors (Lipinski definition) is 1. The van der Waals surface area contributed by atoms with Gasteiger partial charge in [0.05, 0.1) is 11.9 Å². The molecule has 37 heavy (non-hydrogen) atoms. The summed E-state index contributed by atoms with van der Waals surface area (Å²) in [6.07, 6.45) is 2.10. The fourth-order valence-electron chi connectivity index (χ4n) is 3.96. The summed E-state index contributed by atoms with van der Waals surface area (Å²) in [5, 5.41) is 2.80. The number of halogens is 1. The predicted molar refractivity (Wildman–Crippen MR) is 139 cm³/mol. The molecular weight excluding hydrogens is 501 g/mol. The zero-order valence-corrected chi connectivity index (χ0v) is 22.2. The number of nitrogens with zero attached hydrogens (tertiary/aromatic N) is 2. The van der Waals surface area contributed by atoms with E-state index in [9.17, 15) is 22.4 Å². The van der Waals surface area contributed by atoms with Gasteiger partial charge in [-0.2, -0.15) is 0 Å². The molecule has 2 aromatic carbocycles. The van der Waals surface area contributed by atoms with Gasteiger partial charge in [-0.15, -0.1) is 0 Å². The third-order valence-electron chi connectivity index (χ3n) is 5.95. The first-order valence-electron chi connectivity index (χ1n) is 12.3. The second kappa shape index (κ2) is 12.8. The number of nitrogens with one attached hydrogen (secondary N) is 1. The summed E-state index contributed by atoms with van der Waals surface area (Å²) in [6.45, 7) is 5.04. The highest BCUT2D eigenvalue weighted by atomic mass is 32.2. The number of hydrogen-bond acceptors (Lipinski definition) is 6. The number of rotatable bonds is 12. The number of amides is 2. The summed E-state index contributed by atoms with van der Waals surface area (Å²) >= 11 is 0. The Balaban J connectivity index is 1.72. The van der Waals surface area contributed by atoms with Crippen LogP contribution in [-0.2, 0) is 26.2 Å². The third-order valence-corrected chi connectivity index (χ3v) is 7.14. The SMILES string of the molecule is CCCNC(=O)C(C)N(Cc1ccc(F)cc1)C(=O)CCCN(c1ccc2c(c1)OCCO2)S(C)(=O)=O. The van der Waals surface area contributed by atoms with Gasteiger partial charge in [-0.3, -0.25) is 13.9 Å². The number of sulfonamides is 1. The molecule has 1 N–H and O–H groups in total. The number of carbonyl (C=O) groups is 2. The van der Waals surface area contributed by atoms with Crippen molar-refractivity contribution in [2.45, 2.75) is 45.7 Å². The van der Waals surface area contributed by atoms with Crippen molar-refractivity contribution in [2.24, 2.45) is 0 Å². The van der Waals surface area contributed by atoms with Gasteiger partial charge in [0.2, 0.25) is 21.8 Å². The van der Waals surface area contributed by atoms with E-state index in [1.165, 1.54) is 21.3 Å².